The summed E-state index contributed by atoms with van der Waals surface area (Å²) in [5.41, 5.74) is 2.64. The van der Waals surface area contributed by atoms with Gasteiger partial charge in [-0.2, -0.15) is 0 Å². The van der Waals surface area contributed by atoms with Crippen LogP contribution in [-0.2, 0) is 4.79 Å². The summed E-state index contributed by atoms with van der Waals surface area (Å²) >= 11 is 11.7. The summed E-state index contributed by atoms with van der Waals surface area (Å²) in [6.45, 7) is 0. The third-order valence-corrected chi connectivity index (χ3v) is 6.03. The second kappa shape index (κ2) is 8.20. The number of rotatable bonds is 4. The number of ether oxygens (including phenoxy) is 1. The smallest absolute Gasteiger partial charge is 0.261 e. The van der Waals surface area contributed by atoms with Crippen LogP contribution in [-0.4, -0.2) is 38.2 Å². The zero-order chi connectivity index (χ0) is 22.4. The number of amides is 1. The topological polar surface area (TPSA) is 89.3 Å². The number of nitrogens with one attached hydrogen (secondary N) is 1. The van der Waals surface area contributed by atoms with Crippen molar-refractivity contribution in [2.45, 2.75) is 31.1 Å². The first-order valence-electron chi connectivity index (χ1n) is 9.91. The lowest BCUT2D eigenvalue weighted by Gasteiger charge is -2.31. The second-order valence-corrected chi connectivity index (χ2v) is 8.54. The van der Waals surface area contributed by atoms with Gasteiger partial charge < -0.3 is 15.2 Å². The fourth-order valence-corrected chi connectivity index (χ4v) is 4.05. The van der Waals surface area contributed by atoms with Crippen molar-refractivity contribution < 1.29 is 19.0 Å². The van der Waals surface area contributed by atoms with Gasteiger partial charge in [0, 0.05) is 23.1 Å². The average molecular weight is 475 g/mol. The molecule has 1 unspecified atom stereocenters. The van der Waals surface area contributed by atoms with Gasteiger partial charge in [-0.05, 0) is 42.3 Å². The number of fused-ring (bicyclic) bond motifs is 1. The molecule has 1 aliphatic carbocycles. The molecule has 10 heteroatoms. The van der Waals surface area contributed by atoms with E-state index in [1.807, 2.05) is 6.08 Å². The second-order valence-electron chi connectivity index (χ2n) is 7.70. The molecule has 32 heavy (non-hydrogen) atoms. The maximum absolute atomic E-state index is 13.7. The minimum absolute atomic E-state index is 0.0381. The number of carbonyl (C=O) groups excluding carboxylic acids is 1. The Bertz CT molecular complexity index is 1250. The molecule has 7 nitrogen and oxygen atoms in total. The van der Waals surface area contributed by atoms with Crippen LogP contribution < -0.4 is 10.1 Å². The molecule has 2 aromatic carbocycles. The Hall–Kier alpha value is -2.94. The van der Waals surface area contributed by atoms with Crippen molar-refractivity contribution in [3.63, 3.8) is 0 Å². The van der Waals surface area contributed by atoms with E-state index >= 15 is 0 Å². The molecule has 5 rings (SSSR count). The molecule has 1 aromatic heterocycles. The van der Waals surface area contributed by atoms with Crippen LogP contribution in [0, 0.1) is 5.82 Å². The lowest BCUT2D eigenvalue weighted by Crippen LogP contribution is -2.47. The summed E-state index contributed by atoms with van der Waals surface area (Å²) in [4.78, 5) is 12.6. The number of carbonyl (C=O) groups is 1. The van der Waals surface area contributed by atoms with Crippen molar-refractivity contribution in [1.82, 2.24) is 20.3 Å². The van der Waals surface area contributed by atoms with Gasteiger partial charge in [0.2, 0.25) is 0 Å². The third-order valence-electron chi connectivity index (χ3n) is 5.49. The average Bonchev–Trinajstić information content (AvgIpc) is 3.22. The molecule has 0 saturated carbocycles. The van der Waals surface area contributed by atoms with Crippen LogP contribution >= 0.6 is 23.2 Å². The predicted octanol–water partition coefficient (Wildman–Crippen LogP) is 3.87. The van der Waals surface area contributed by atoms with E-state index in [1.165, 1.54) is 16.8 Å². The van der Waals surface area contributed by atoms with Gasteiger partial charge in [-0.1, -0.05) is 34.5 Å². The molecule has 0 bridgehead atoms. The van der Waals surface area contributed by atoms with Crippen LogP contribution in [0.5, 0.6) is 5.75 Å². The highest BCUT2D eigenvalue weighted by atomic mass is 35.5. The van der Waals surface area contributed by atoms with Gasteiger partial charge in [0.25, 0.3) is 5.91 Å². The molecular formula is C22H17Cl2FN4O3. The van der Waals surface area contributed by atoms with Gasteiger partial charge in [-0.3, -0.25) is 4.79 Å². The molecule has 2 N–H and O–H groups in total. The summed E-state index contributed by atoms with van der Waals surface area (Å²) in [7, 11) is 0. The molecule has 2 heterocycles. The summed E-state index contributed by atoms with van der Waals surface area (Å²) in [5, 5.41) is 21.9. The standard InChI is InChI=1S/C22H17Cl2FN4O3/c23-12-1-4-20-15(7-12)19(30)9-21(32-20)22(31)26-13-5-11(6-13)18-10-29(28-27-18)14-2-3-16(24)17(25)8-14/h1-5,7-8,10,13,19,21,30H,6,9H2,(H,26,31)/t13?,19-,21-/m1/s1. The van der Waals surface area contributed by atoms with E-state index in [4.69, 9.17) is 27.9 Å². The van der Waals surface area contributed by atoms with Gasteiger partial charge in [0.1, 0.15) is 17.3 Å². The van der Waals surface area contributed by atoms with Crippen molar-refractivity contribution in [1.29, 1.82) is 0 Å². The van der Waals surface area contributed by atoms with Crippen LogP contribution in [0.2, 0.25) is 10.0 Å². The van der Waals surface area contributed by atoms with Gasteiger partial charge >= 0.3 is 0 Å². The molecule has 0 saturated heterocycles. The fraction of sp³-hybridized carbons (Fsp3) is 0.227. The zero-order valence-corrected chi connectivity index (χ0v) is 18.0. The van der Waals surface area contributed by atoms with E-state index in [2.05, 4.69) is 15.6 Å². The van der Waals surface area contributed by atoms with Crippen LogP contribution in [0.1, 0.15) is 30.2 Å². The van der Waals surface area contributed by atoms with E-state index < -0.39 is 18.0 Å². The SMILES string of the molecule is O=C(NC1C=C(c2cn(-c3ccc(Cl)c(F)c3)nn2)C1)[C@H]1C[C@@H](O)c2cc(Cl)ccc2O1. The highest BCUT2D eigenvalue weighted by Gasteiger charge is 2.34. The Kier molecular flexibility index (Phi) is 5.36. The monoisotopic (exact) mass is 474 g/mol. The Morgan fingerprint density at radius 2 is 2.06 bits per heavy atom. The first-order chi connectivity index (χ1) is 15.4. The highest BCUT2D eigenvalue weighted by Crippen LogP contribution is 2.37. The predicted molar refractivity (Wildman–Crippen MR) is 116 cm³/mol. The highest BCUT2D eigenvalue weighted by molar-refractivity contribution is 6.31. The summed E-state index contributed by atoms with van der Waals surface area (Å²) < 4.78 is 20.9. The van der Waals surface area contributed by atoms with Gasteiger partial charge in [-0.25, -0.2) is 9.07 Å². The van der Waals surface area contributed by atoms with Gasteiger partial charge in [-0.15, -0.1) is 5.10 Å². The van der Waals surface area contributed by atoms with Crippen LogP contribution in [0.3, 0.4) is 0 Å². The number of benzene rings is 2. The molecule has 3 aromatic rings. The van der Waals surface area contributed by atoms with Gasteiger partial charge in [0.05, 0.1) is 29.1 Å². The summed E-state index contributed by atoms with van der Waals surface area (Å²) in [6, 6.07) is 9.15. The van der Waals surface area contributed by atoms with E-state index in [0.29, 0.717) is 34.1 Å². The number of aromatic nitrogens is 3. The minimum Gasteiger partial charge on any atom is -0.480 e. The zero-order valence-electron chi connectivity index (χ0n) is 16.5. The number of hydrogen-bond acceptors (Lipinski definition) is 5. The van der Waals surface area contributed by atoms with Crippen molar-refractivity contribution in [2.24, 2.45) is 0 Å². The van der Waals surface area contributed by atoms with Crippen LogP contribution in [0.25, 0.3) is 11.3 Å². The fourth-order valence-electron chi connectivity index (χ4n) is 3.75. The van der Waals surface area contributed by atoms with E-state index in [9.17, 15) is 14.3 Å². The van der Waals surface area contributed by atoms with Crippen molar-refractivity contribution >= 4 is 34.7 Å². The van der Waals surface area contributed by atoms with Crippen molar-refractivity contribution in [3.05, 3.63) is 75.8 Å². The maximum Gasteiger partial charge on any atom is 0.261 e. The molecule has 1 amide bonds. The molecule has 3 atom stereocenters. The quantitative estimate of drug-likeness (QED) is 0.598. The van der Waals surface area contributed by atoms with E-state index in [1.54, 1.807) is 30.5 Å². The molecule has 1 aliphatic heterocycles. The molecule has 0 spiro atoms. The lowest BCUT2D eigenvalue weighted by molar-refractivity contribution is -0.130. The summed E-state index contributed by atoms with van der Waals surface area (Å²) in [6.07, 6.45) is 2.66. The largest absolute Gasteiger partial charge is 0.480 e. The number of hydrogen-bond donors (Lipinski definition) is 2. The minimum atomic E-state index is -0.826. The number of aliphatic hydroxyl groups excluding tert-OH is 1. The normalized spacial score (nSPS) is 21.8. The maximum atomic E-state index is 13.7. The van der Waals surface area contributed by atoms with Crippen LogP contribution in [0.15, 0.2) is 48.7 Å². The van der Waals surface area contributed by atoms with E-state index in [0.717, 1.165) is 5.57 Å². The Labute approximate surface area is 192 Å². The Morgan fingerprint density at radius 1 is 1.25 bits per heavy atom. The Balaban J connectivity index is 1.22. The van der Waals surface area contributed by atoms with Crippen molar-refractivity contribution in [2.75, 3.05) is 0 Å². The molecule has 164 valence electrons. The number of aliphatic hydroxyl groups is 1. The lowest BCUT2D eigenvalue weighted by atomic mass is 9.90. The first-order valence-corrected chi connectivity index (χ1v) is 10.7. The third kappa shape index (κ3) is 3.97. The Morgan fingerprint density at radius 3 is 2.84 bits per heavy atom. The summed E-state index contributed by atoms with van der Waals surface area (Å²) in [5.74, 6) is -0.383. The van der Waals surface area contributed by atoms with Gasteiger partial charge in [0.15, 0.2) is 6.10 Å². The first kappa shape index (κ1) is 20.9. The number of halogens is 3. The molecular weight excluding hydrogens is 458 g/mol. The number of nitrogens with zero attached hydrogens (tertiary/aromatic N) is 3. The molecule has 2 aliphatic rings. The molecule has 0 radical (unpaired) electrons. The van der Waals surface area contributed by atoms with Crippen LogP contribution in [0.4, 0.5) is 4.39 Å². The van der Waals surface area contributed by atoms with E-state index in [-0.39, 0.29) is 23.4 Å². The molecule has 0 fully saturated rings. The van der Waals surface area contributed by atoms with Crippen molar-refractivity contribution in [3.8, 4) is 11.4 Å².